The Labute approximate surface area is 167 Å². The normalized spacial score (nSPS) is 11.3. The minimum atomic E-state index is -0.444. The van der Waals surface area contributed by atoms with Crippen LogP contribution in [0.25, 0.3) is 22.9 Å². The summed E-state index contributed by atoms with van der Waals surface area (Å²) in [5.41, 5.74) is 5.31. The number of nitro benzene ring substituents is 1. The summed E-state index contributed by atoms with van der Waals surface area (Å²) < 4.78 is 0. The molecule has 5 nitrogen and oxygen atoms in total. The van der Waals surface area contributed by atoms with Gasteiger partial charge in [0.15, 0.2) is 0 Å². The highest BCUT2D eigenvalue weighted by Gasteiger charge is 2.16. The number of thiazole rings is 1. The first-order chi connectivity index (χ1) is 13.4. The number of non-ortho nitro benzene ring substituents is 1. The molecule has 0 saturated heterocycles. The molecular formula is C22H19N3O2S. The zero-order valence-corrected chi connectivity index (χ0v) is 16.7. The molecule has 0 bridgehead atoms. The molecule has 28 heavy (non-hydrogen) atoms. The summed E-state index contributed by atoms with van der Waals surface area (Å²) in [6, 6.07) is 14.7. The lowest BCUT2D eigenvalue weighted by atomic mass is 10.0. The Balaban J connectivity index is 2.07. The molecular weight excluding hydrogens is 370 g/mol. The van der Waals surface area contributed by atoms with Crippen LogP contribution in [0.2, 0.25) is 0 Å². The summed E-state index contributed by atoms with van der Waals surface area (Å²) in [7, 11) is 0. The minimum absolute atomic E-state index is 0.00426. The molecule has 0 spiro atoms. The van der Waals surface area contributed by atoms with Crippen molar-refractivity contribution in [1.82, 2.24) is 4.98 Å². The maximum atomic E-state index is 11.0. The van der Waals surface area contributed by atoms with Crippen molar-refractivity contribution in [3.8, 4) is 17.3 Å². The fourth-order valence-corrected chi connectivity index (χ4v) is 4.01. The third kappa shape index (κ3) is 4.00. The van der Waals surface area contributed by atoms with E-state index in [0.29, 0.717) is 16.1 Å². The van der Waals surface area contributed by atoms with Gasteiger partial charge in [0, 0.05) is 22.6 Å². The van der Waals surface area contributed by atoms with Crippen LogP contribution >= 0.6 is 11.3 Å². The number of nitro groups is 1. The Kier molecular flexibility index (Phi) is 5.67. The summed E-state index contributed by atoms with van der Waals surface area (Å²) in [5, 5.41) is 21.3. The molecule has 0 radical (unpaired) electrons. The van der Waals surface area contributed by atoms with Crippen LogP contribution in [0, 0.1) is 35.3 Å². The average Bonchev–Trinajstić information content (AvgIpc) is 3.10. The van der Waals surface area contributed by atoms with E-state index in [1.165, 1.54) is 29.0 Å². The number of hydrogen-bond donors (Lipinski definition) is 0. The molecule has 0 unspecified atom stereocenters. The van der Waals surface area contributed by atoms with Crippen LogP contribution in [0.4, 0.5) is 5.69 Å². The number of rotatable bonds is 5. The summed E-state index contributed by atoms with van der Waals surface area (Å²) in [5.74, 6) is 0. The van der Waals surface area contributed by atoms with Gasteiger partial charge >= 0.3 is 0 Å². The molecule has 3 rings (SSSR count). The van der Waals surface area contributed by atoms with Crippen LogP contribution < -0.4 is 0 Å². The van der Waals surface area contributed by atoms with E-state index in [0.717, 1.165) is 28.1 Å². The van der Waals surface area contributed by atoms with Gasteiger partial charge in [-0.05, 0) is 37.5 Å². The van der Waals surface area contributed by atoms with Gasteiger partial charge in [-0.3, -0.25) is 10.1 Å². The van der Waals surface area contributed by atoms with Crippen LogP contribution in [0.5, 0.6) is 0 Å². The molecule has 6 heteroatoms. The SMILES string of the molecule is CCc1sc(/C(C#N)=C/c2cccc([N+](=O)[O-])c2)nc1-c1ccc(C)cc1C. The van der Waals surface area contributed by atoms with E-state index in [1.54, 1.807) is 18.2 Å². The maximum absolute atomic E-state index is 11.0. The van der Waals surface area contributed by atoms with Crippen LogP contribution in [0.15, 0.2) is 42.5 Å². The lowest BCUT2D eigenvalue weighted by Crippen LogP contribution is -1.90. The molecule has 0 saturated carbocycles. The van der Waals surface area contributed by atoms with Gasteiger partial charge in [-0.15, -0.1) is 11.3 Å². The van der Waals surface area contributed by atoms with E-state index in [4.69, 9.17) is 4.98 Å². The monoisotopic (exact) mass is 389 g/mol. The largest absolute Gasteiger partial charge is 0.270 e. The van der Waals surface area contributed by atoms with Crippen molar-refractivity contribution < 1.29 is 4.92 Å². The first-order valence-electron chi connectivity index (χ1n) is 8.87. The summed E-state index contributed by atoms with van der Waals surface area (Å²) in [6.45, 7) is 6.19. The van der Waals surface area contributed by atoms with Gasteiger partial charge < -0.3 is 0 Å². The Morgan fingerprint density at radius 2 is 2.07 bits per heavy atom. The van der Waals surface area contributed by atoms with Gasteiger partial charge in [-0.2, -0.15) is 5.26 Å². The Morgan fingerprint density at radius 1 is 1.29 bits per heavy atom. The number of allylic oxidation sites excluding steroid dienone is 1. The molecule has 2 aromatic carbocycles. The number of benzene rings is 2. The zero-order chi connectivity index (χ0) is 20.3. The van der Waals surface area contributed by atoms with E-state index in [-0.39, 0.29) is 5.69 Å². The first-order valence-corrected chi connectivity index (χ1v) is 9.68. The second-order valence-electron chi connectivity index (χ2n) is 6.48. The van der Waals surface area contributed by atoms with Gasteiger partial charge in [-0.25, -0.2) is 4.98 Å². The third-order valence-electron chi connectivity index (χ3n) is 4.40. The maximum Gasteiger partial charge on any atom is 0.270 e. The second-order valence-corrected chi connectivity index (χ2v) is 7.57. The van der Waals surface area contributed by atoms with Gasteiger partial charge in [-0.1, -0.05) is 42.8 Å². The highest BCUT2D eigenvalue weighted by atomic mass is 32.1. The molecule has 0 fully saturated rings. The molecule has 0 aliphatic carbocycles. The number of aromatic nitrogens is 1. The Morgan fingerprint density at radius 3 is 2.71 bits per heavy atom. The molecule has 1 aromatic heterocycles. The molecule has 0 aliphatic rings. The van der Waals surface area contributed by atoms with E-state index >= 15 is 0 Å². The minimum Gasteiger partial charge on any atom is -0.258 e. The average molecular weight is 389 g/mol. The molecule has 0 atom stereocenters. The third-order valence-corrected chi connectivity index (χ3v) is 5.63. The quantitative estimate of drug-likeness (QED) is 0.306. The molecule has 1 heterocycles. The van der Waals surface area contributed by atoms with Crippen molar-refractivity contribution in [1.29, 1.82) is 5.26 Å². The predicted octanol–water partition coefficient (Wildman–Crippen LogP) is 5.96. The van der Waals surface area contributed by atoms with Crippen molar-refractivity contribution in [2.24, 2.45) is 0 Å². The van der Waals surface area contributed by atoms with Gasteiger partial charge in [0.1, 0.15) is 11.1 Å². The standard InChI is InChI=1S/C22H19N3O2S/c1-4-20-21(19-9-8-14(2)10-15(19)3)24-22(28-20)17(13-23)11-16-6-5-7-18(12-16)25(26)27/h5-12H,4H2,1-3H3/b17-11+. The second kappa shape index (κ2) is 8.15. The summed E-state index contributed by atoms with van der Waals surface area (Å²) in [6.07, 6.45) is 2.47. The van der Waals surface area contributed by atoms with Crippen LogP contribution in [0.1, 0.15) is 33.5 Å². The van der Waals surface area contributed by atoms with Crippen molar-refractivity contribution in [2.75, 3.05) is 0 Å². The summed E-state index contributed by atoms with van der Waals surface area (Å²) >= 11 is 1.49. The topological polar surface area (TPSA) is 79.8 Å². The summed E-state index contributed by atoms with van der Waals surface area (Å²) in [4.78, 5) is 16.4. The molecule has 0 aliphatic heterocycles. The molecule has 0 amide bonds. The van der Waals surface area contributed by atoms with Crippen molar-refractivity contribution >= 4 is 28.7 Å². The Bertz CT molecular complexity index is 1120. The van der Waals surface area contributed by atoms with Gasteiger partial charge in [0.2, 0.25) is 0 Å². The van der Waals surface area contributed by atoms with Crippen LogP contribution in [-0.4, -0.2) is 9.91 Å². The number of aryl methyl sites for hydroxylation is 3. The smallest absolute Gasteiger partial charge is 0.258 e. The number of nitrogens with zero attached hydrogens (tertiary/aromatic N) is 3. The van der Waals surface area contributed by atoms with Crippen molar-refractivity contribution in [3.05, 3.63) is 79.2 Å². The van der Waals surface area contributed by atoms with E-state index < -0.39 is 4.92 Å². The lowest BCUT2D eigenvalue weighted by Gasteiger charge is -2.06. The van der Waals surface area contributed by atoms with Crippen LogP contribution in [0.3, 0.4) is 0 Å². The molecule has 3 aromatic rings. The van der Waals surface area contributed by atoms with E-state index in [1.807, 2.05) is 0 Å². The lowest BCUT2D eigenvalue weighted by molar-refractivity contribution is -0.384. The predicted molar refractivity (Wildman–Crippen MR) is 113 cm³/mol. The van der Waals surface area contributed by atoms with Crippen molar-refractivity contribution in [2.45, 2.75) is 27.2 Å². The number of nitriles is 1. The fourth-order valence-electron chi connectivity index (χ4n) is 3.03. The first kappa shape index (κ1) is 19.5. The van der Waals surface area contributed by atoms with Gasteiger partial charge in [0.25, 0.3) is 5.69 Å². The molecule has 0 N–H and O–H groups in total. The van der Waals surface area contributed by atoms with E-state index in [2.05, 4.69) is 45.0 Å². The molecule has 140 valence electrons. The fraction of sp³-hybridized carbons (Fsp3) is 0.182. The zero-order valence-electron chi connectivity index (χ0n) is 15.9. The van der Waals surface area contributed by atoms with Crippen molar-refractivity contribution in [3.63, 3.8) is 0 Å². The highest BCUT2D eigenvalue weighted by Crippen LogP contribution is 2.34. The van der Waals surface area contributed by atoms with E-state index in [9.17, 15) is 15.4 Å². The van der Waals surface area contributed by atoms with Gasteiger partial charge in [0.05, 0.1) is 16.2 Å². The highest BCUT2D eigenvalue weighted by molar-refractivity contribution is 7.13. The Hall–Kier alpha value is -3.30. The van der Waals surface area contributed by atoms with Crippen LogP contribution in [-0.2, 0) is 6.42 Å². The number of hydrogen-bond acceptors (Lipinski definition) is 5.